The molecular weight excluding hydrogens is 432 g/mol. The van der Waals surface area contributed by atoms with Gasteiger partial charge in [0.05, 0.1) is 0 Å². The van der Waals surface area contributed by atoms with Gasteiger partial charge in [-0.2, -0.15) is 0 Å². The summed E-state index contributed by atoms with van der Waals surface area (Å²) in [4.78, 5) is 18.5. The Morgan fingerprint density at radius 1 is 0.886 bits per heavy atom. The molecule has 1 saturated heterocycles. The molecule has 2 aromatic carbocycles. The third-order valence-electron chi connectivity index (χ3n) is 7.85. The van der Waals surface area contributed by atoms with Gasteiger partial charge >= 0.3 is 0 Å². The van der Waals surface area contributed by atoms with Crippen molar-refractivity contribution in [1.29, 1.82) is 0 Å². The Morgan fingerprint density at radius 3 is 2.54 bits per heavy atom. The van der Waals surface area contributed by atoms with E-state index in [0.29, 0.717) is 11.8 Å². The van der Waals surface area contributed by atoms with Crippen molar-refractivity contribution < 1.29 is 0 Å². The smallest absolute Gasteiger partial charge is 0.258 e. The first-order valence-corrected chi connectivity index (χ1v) is 12.7. The lowest BCUT2D eigenvalue weighted by Gasteiger charge is -2.43. The lowest BCUT2D eigenvalue weighted by molar-refractivity contribution is 0.115. The minimum atomic E-state index is 0.172. The maximum atomic E-state index is 13.7. The van der Waals surface area contributed by atoms with Gasteiger partial charge in [0.15, 0.2) is 0 Å². The molecular formula is C30H34N4O. The summed E-state index contributed by atoms with van der Waals surface area (Å²) in [6.45, 7) is 4.67. The minimum absolute atomic E-state index is 0.172. The van der Waals surface area contributed by atoms with Crippen molar-refractivity contribution in [3.05, 3.63) is 94.0 Å². The molecule has 4 heterocycles. The lowest BCUT2D eigenvalue weighted by atomic mass is 9.82. The summed E-state index contributed by atoms with van der Waals surface area (Å²) in [5, 5.41) is 1.35. The first kappa shape index (κ1) is 22.3. The molecule has 6 rings (SSSR count). The average molecular weight is 467 g/mol. The fourth-order valence-corrected chi connectivity index (χ4v) is 6.43. The van der Waals surface area contributed by atoms with Crippen LogP contribution in [0.4, 0.5) is 0 Å². The second-order valence-electron chi connectivity index (χ2n) is 10.8. The molecule has 35 heavy (non-hydrogen) atoms. The summed E-state index contributed by atoms with van der Waals surface area (Å²) in [7, 11) is 6.27. The maximum Gasteiger partial charge on any atom is 0.258 e. The Kier molecular flexibility index (Phi) is 5.62. The van der Waals surface area contributed by atoms with Crippen LogP contribution < -0.4 is 5.56 Å². The first-order chi connectivity index (χ1) is 17.0. The highest BCUT2D eigenvalue weighted by Crippen LogP contribution is 2.37. The predicted octanol–water partition coefficient (Wildman–Crippen LogP) is 4.69. The number of rotatable bonds is 5. The van der Waals surface area contributed by atoms with Gasteiger partial charge in [-0.05, 0) is 61.3 Å². The van der Waals surface area contributed by atoms with Crippen LogP contribution in [0.5, 0.6) is 0 Å². The van der Waals surface area contributed by atoms with Crippen molar-refractivity contribution in [2.45, 2.75) is 32.0 Å². The highest BCUT2D eigenvalue weighted by Gasteiger charge is 2.35. The van der Waals surface area contributed by atoms with Crippen LogP contribution in [-0.4, -0.2) is 46.1 Å². The van der Waals surface area contributed by atoms with Crippen LogP contribution in [0.2, 0.25) is 0 Å². The largest absolute Gasteiger partial charge is 0.350 e. The van der Waals surface area contributed by atoms with Gasteiger partial charge in [0.25, 0.3) is 5.56 Å². The molecule has 2 aliphatic heterocycles. The summed E-state index contributed by atoms with van der Waals surface area (Å²) in [6, 6.07) is 21.3. The normalized spacial score (nSPS) is 19.9. The Bertz CT molecular complexity index is 1450. The number of nitrogens with zero attached hydrogens (tertiary/aromatic N) is 4. The van der Waals surface area contributed by atoms with Gasteiger partial charge in [-0.1, -0.05) is 42.5 Å². The van der Waals surface area contributed by atoms with E-state index in [2.05, 4.69) is 101 Å². The molecule has 0 amide bonds. The van der Waals surface area contributed by atoms with E-state index in [1.807, 2.05) is 6.07 Å². The molecule has 0 N–H and O–H groups in total. The molecule has 1 fully saturated rings. The van der Waals surface area contributed by atoms with Crippen molar-refractivity contribution in [2.75, 3.05) is 27.2 Å². The van der Waals surface area contributed by atoms with Crippen molar-refractivity contribution in [3.8, 4) is 11.1 Å². The van der Waals surface area contributed by atoms with Crippen molar-refractivity contribution in [3.63, 3.8) is 0 Å². The quantitative estimate of drug-likeness (QED) is 0.428. The molecule has 2 bridgehead atoms. The molecule has 5 heteroatoms. The van der Waals surface area contributed by atoms with E-state index in [1.54, 1.807) is 0 Å². The molecule has 2 aromatic heterocycles. The highest BCUT2D eigenvalue weighted by molar-refractivity contribution is 5.83. The molecule has 0 radical (unpaired) electrons. The van der Waals surface area contributed by atoms with E-state index >= 15 is 0 Å². The second-order valence-corrected chi connectivity index (χ2v) is 10.8. The summed E-state index contributed by atoms with van der Waals surface area (Å²) in [5.41, 5.74) is 7.17. The van der Waals surface area contributed by atoms with Crippen LogP contribution >= 0.6 is 0 Å². The number of fused-ring (bicyclic) bond motifs is 5. The van der Waals surface area contributed by atoms with Crippen LogP contribution in [0.1, 0.15) is 29.2 Å². The fraction of sp³-hybridized carbons (Fsp3) is 0.367. The molecule has 2 atom stereocenters. The van der Waals surface area contributed by atoms with Crippen LogP contribution in [0.3, 0.4) is 0 Å². The van der Waals surface area contributed by atoms with Gasteiger partial charge in [-0.15, -0.1) is 0 Å². The number of likely N-dealkylation sites (tertiary alicyclic amines) is 1. The van der Waals surface area contributed by atoms with Crippen LogP contribution in [-0.2, 0) is 26.7 Å². The van der Waals surface area contributed by atoms with E-state index in [4.69, 9.17) is 0 Å². The van der Waals surface area contributed by atoms with Crippen molar-refractivity contribution in [1.82, 2.24) is 18.9 Å². The molecule has 0 spiro atoms. The van der Waals surface area contributed by atoms with Crippen molar-refractivity contribution >= 4 is 10.9 Å². The zero-order valence-corrected chi connectivity index (χ0v) is 20.9. The molecule has 180 valence electrons. The molecule has 4 aromatic rings. The number of hydrogen-bond acceptors (Lipinski definition) is 3. The van der Waals surface area contributed by atoms with E-state index in [-0.39, 0.29) is 5.56 Å². The van der Waals surface area contributed by atoms with Gasteiger partial charge in [0, 0.05) is 74.0 Å². The van der Waals surface area contributed by atoms with Gasteiger partial charge in [-0.25, -0.2) is 0 Å². The van der Waals surface area contributed by atoms with Gasteiger partial charge in [-0.3, -0.25) is 9.69 Å². The molecule has 0 saturated carbocycles. The zero-order chi connectivity index (χ0) is 24.1. The van der Waals surface area contributed by atoms with E-state index in [0.717, 1.165) is 43.9 Å². The van der Waals surface area contributed by atoms with E-state index < -0.39 is 0 Å². The minimum Gasteiger partial charge on any atom is -0.350 e. The summed E-state index contributed by atoms with van der Waals surface area (Å²) in [5.74, 6) is 0.928. The topological polar surface area (TPSA) is 33.4 Å². The summed E-state index contributed by atoms with van der Waals surface area (Å²) < 4.78 is 4.33. The Balaban J connectivity index is 1.30. The van der Waals surface area contributed by atoms with Crippen LogP contribution in [0, 0.1) is 5.92 Å². The van der Waals surface area contributed by atoms with Crippen molar-refractivity contribution in [2.24, 2.45) is 13.0 Å². The highest BCUT2D eigenvalue weighted by atomic mass is 16.1. The number of pyridine rings is 1. The van der Waals surface area contributed by atoms with E-state index in [1.165, 1.54) is 34.1 Å². The summed E-state index contributed by atoms with van der Waals surface area (Å²) >= 11 is 0. The van der Waals surface area contributed by atoms with Crippen LogP contribution in [0.25, 0.3) is 22.0 Å². The van der Waals surface area contributed by atoms with Gasteiger partial charge in [0.2, 0.25) is 0 Å². The fourth-order valence-electron chi connectivity index (χ4n) is 6.43. The number of hydrogen-bond donors (Lipinski definition) is 0. The maximum absolute atomic E-state index is 13.7. The third-order valence-corrected chi connectivity index (χ3v) is 7.85. The number of para-hydroxylation sites is 1. The zero-order valence-electron chi connectivity index (χ0n) is 20.9. The number of aromatic nitrogens is 2. The SMILES string of the molecule is CN(C)Cc1ccccc1-c1ccc2n(c1=O)CC1CC2CN(Cc2cn(C)c3ccccc23)C1. The Labute approximate surface area is 207 Å². The third kappa shape index (κ3) is 4.03. The number of benzene rings is 2. The molecule has 2 aliphatic rings. The number of piperidine rings is 1. The molecule has 0 aliphatic carbocycles. The Hall–Kier alpha value is -3.15. The first-order valence-electron chi connectivity index (χ1n) is 12.7. The lowest BCUT2D eigenvalue weighted by Crippen LogP contribution is -2.46. The number of aryl methyl sites for hydroxylation is 1. The monoisotopic (exact) mass is 466 g/mol. The predicted molar refractivity (Wildman–Crippen MR) is 143 cm³/mol. The second kappa shape index (κ2) is 8.81. The summed E-state index contributed by atoms with van der Waals surface area (Å²) in [6.07, 6.45) is 3.47. The van der Waals surface area contributed by atoms with E-state index in [9.17, 15) is 4.79 Å². The van der Waals surface area contributed by atoms with Crippen LogP contribution in [0.15, 0.2) is 71.7 Å². The van der Waals surface area contributed by atoms with Gasteiger partial charge in [0.1, 0.15) is 0 Å². The average Bonchev–Trinajstić information content (AvgIpc) is 3.15. The standard InChI is InChI=1S/C30H34N4O/c1-31(2)17-22-8-4-5-9-25(22)27-12-13-28-23-14-21(16-34(28)30(27)35)15-33(19-23)20-24-18-32(3)29-11-7-6-10-26(24)29/h4-13,18,21,23H,14-17,19-20H2,1-3H3. The Morgan fingerprint density at radius 2 is 1.69 bits per heavy atom. The van der Waals surface area contributed by atoms with Gasteiger partial charge < -0.3 is 14.0 Å². The molecule has 2 unspecified atom stereocenters. The molecule has 5 nitrogen and oxygen atoms in total.